The molecule has 7 heteroatoms. The summed E-state index contributed by atoms with van der Waals surface area (Å²) in [6.45, 7) is 3.84. The number of nitrogens with one attached hydrogen (secondary N) is 2. The van der Waals surface area contributed by atoms with Crippen molar-refractivity contribution in [3.8, 4) is 5.75 Å². The van der Waals surface area contributed by atoms with Gasteiger partial charge in [-0.1, -0.05) is 30.3 Å². The van der Waals surface area contributed by atoms with E-state index in [1.807, 2.05) is 35.2 Å². The van der Waals surface area contributed by atoms with E-state index >= 15 is 0 Å². The first-order chi connectivity index (χ1) is 15.0. The van der Waals surface area contributed by atoms with E-state index in [0.29, 0.717) is 31.9 Å². The van der Waals surface area contributed by atoms with Gasteiger partial charge < -0.3 is 19.9 Å². The van der Waals surface area contributed by atoms with Crippen LogP contribution in [0.15, 0.2) is 54.6 Å². The number of methoxy groups -OCH3 is 1. The standard InChI is InChI=1S/C24H28FN3O3/c1-31-22-9-8-21(25)17-20(22)18-27-13-15-28(16-14-27)24(30)11-12-26-23(29)10-7-19-5-3-2-4-6-19/h2-10,17H,11-16,18H2,1H3,(H,26,29)/p+1/b10-7+. The van der Waals surface area contributed by atoms with Crippen molar-refractivity contribution in [3.63, 3.8) is 0 Å². The second kappa shape index (κ2) is 11.3. The Hall–Kier alpha value is -3.19. The van der Waals surface area contributed by atoms with Crippen LogP contribution in [0.25, 0.3) is 6.08 Å². The molecule has 0 spiro atoms. The molecule has 2 amide bonds. The quantitative estimate of drug-likeness (QED) is 0.626. The van der Waals surface area contributed by atoms with Crippen LogP contribution in [0.3, 0.4) is 0 Å². The largest absolute Gasteiger partial charge is 0.496 e. The van der Waals surface area contributed by atoms with Crippen molar-refractivity contribution < 1.29 is 23.6 Å². The van der Waals surface area contributed by atoms with E-state index in [2.05, 4.69) is 5.32 Å². The highest BCUT2D eigenvalue weighted by molar-refractivity contribution is 5.92. The lowest BCUT2D eigenvalue weighted by atomic mass is 10.1. The maximum absolute atomic E-state index is 13.6. The number of rotatable bonds is 8. The molecular weight excluding hydrogens is 397 g/mol. The topological polar surface area (TPSA) is 63.1 Å². The maximum Gasteiger partial charge on any atom is 0.244 e. The zero-order valence-corrected chi connectivity index (χ0v) is 17.8. The third-order valence-corrected chi connectivity index (χ3v) is 5.37. The first-order valence-corrected chi connectivity index (χ1v) is 10.5. The lowest BCUT2D eigenvalue weighted by Gasteiger charge is -2.32. The number of piperazine rings is 1. The molecule has 2 N–H and O–H groups in total. The number of carbonyl (C=O) groups excluding carboxylic acids is 2. The first-order valence-electron chi connectivity index (χ1n) is 10.5. The van der Waals surface area contributed by atoms with E-state index in [0.717, 1.165) is 24.2 Å². The number of ether oxygens (including phenoxy) is 1. The van der Waals surface area contributed by atoms with E-state index in [1.54, 1.807) is 19.3 Å². The zero-order chi connectivity index (χ0) is 22.1. The summed E-state index contributed by atoms with van der Waals surface area (Å²) in [6.07, 6.45) is 3.49. The summed E-state index contributed by atoms with van der Waals surface area (Å²) in [5, 5.41) is 2.75. The fourth-order valence-electron chi connectivity index (χ4n) is 3.65. The zero-order valence-electron chi connectivity index (χ0n) is 17.8. The number of hydrogen-bond donors (Lipinski definition) is 2. The monoisotopic (exact) mass is 426 g/mol. The third kappa shape index (κ3) is 6.93. The van der Waals surface area contributed by atoms with Gasteiger partial charge in [0, 0.05) is 19.0 Å². The lowest BCUT2D eigenvalue weighted by Crippen LogP contribution is -3.13. The van der Waals surface area contributed by atoms with Crippen molar-refractivity contribution in [2.75, 3.05) is 39.8 Å². The number of hydrogen-bond acceptors (Lipinski definition) is 3. The van der Waals surface area contributed by atoms with E-state index in [4.69, 9.17) is 4.74 Å². The third-order valence-electron chi connectivity index (χ3n) is 5.37. The lowest BCUT2D eigenvalue weighted by molar-refractivity contribution is -0.917. The minimum Gasteiger partial charge on any atom is -0.496 e. The number of quaternary nitrogens is 1. The van der Waals surface area contributed by atoms with Gasteiger partial charge in [0.25, 0.3) is 0 Å². The molecule has 0 aromatic heterocycles. The fraction of sp³-hybridized carbons (Fsp3) is 0.333. The average molecular weight is 427 g/mol. The molecule has 0 aliphatic carbocycles. The molecule has 1 fully saturated rings. The highest BCUT2D eigenvalue weighted by Crippen LogP contribution is 2.18. The predicted molar refractivity (Wildman–Crippen MR) is 117 cm³/mol. The number of nitrogens with zero attached hydrogens (tertiary/aromatic N) is 1. The summed E-state index contributed by atoms with van der Waals surface area (Å²) in [5.41, 5.74) is 1.79. The van der Waals surface area contributed by atoms with Crippen LogP contribution >= 0.6 is 0 Å². The number of carbonyl (C=O) groups is 2. The second-order valence-corrected chi connectivity index (χ2v) is 7.55. The molecule has 1 aliphatic rings. The fourth-order valence-corrected chi connectivity index (χ4v) is 3.65. The Bertz CT molecular complexity index is 910. The van der Waals surface area contributed by atoms with Crippen LogP contribution in [0.1, 0.15) is 17.5 Å². The van der Waals surface area contributed by atoms with Gasteiger partial charge in [-0.2, -0.15) is 0 Å². The van der Waals surface area contributed by atoms with Gasteiger partial charge in [-0.25, -0.2) is 4.39 Å². The Morgan fingerprint density at radius 1 is 1.16 bits per heavy atom. The van der Waals surface area contributed by atoms with Crippen molar-refractivity contribution in [2.45, 2.75) is 13.0 Å². The Balaban J connectivity index is 1.38. The predicted octanol–water partition coefficient (Wildman–Crippen LogP) is 1.28. The van der Waals surface area contributed by atoms with Crippen LogP contribution in [0.5, 0.6) is 5.75 Å². The summed E-state index contributed by atoms with van der Waals surface area (Å²) in [7, 11) is 1.58. The smallest absolute Gasteiger partial charge is 0.244 e. The van der Waals surface area contributed by atoms with Gasteiger partial charge in [0.1, 0.15) is 18.1 Å². The van der Waals surface area contributed by atoms with Crippen molar-refractivity contribution >= 4 is 17.9 Å². The summed E-state index contributed by atoms with van der Waals surface area (Å²) >= 11 is 0. The Labute approximate surface area is 182 Å². The molecule has 6 nitrogen and oxygen atoms in total. The van der Waals surface area contributed by atoms with Gasteiger partial charge in [-0.3, -0.25) is 9.59 Å². The Morgan fingerprint density at radius 2 is 1.90 bits per heavy atom. The molecule has 2 aromatic carbocycles. The molecule has 31 heavy (non-hydrogen) atoms. The van der Waals surface area contributed by atoms with E-state index in [1.165, 1.54) is 23.1 Å². The summed E-state index contributed by atoms with van der Waals surface area (Å²) in [6, 6.07) is 14.1. The second-order valence-electron chi connectivity index (χ2n) is 7.55. The average Bonchev–Trinajstić information content (AvgIpc) is 2.79. The molecule has 1 saturated heterocycles. The molecule has 0 bridgehead atoms. The van der Waals surface area contributed by atoms with Crippen LogP contribution in [0.4, 0.5) is 4.39 Å². The molecule has 3 rings (SSSR count). The SMILES string of the molecule is COc1ccc(F)cc1C[NH+]1CCN(C(=O)CCNC(=O)/C=C/c2ccccc2)CC1. The van der Waals surface area contributed by atoms with Crippen LogP contribution < -0.4 is 15.0 Å². The van der Waals surface area contributed by atoms with E-state index in [9.17, 15) is 14.0 Å². The van der Waals surface area contributed by atoms with Gasteiger partial charge in [0.2, 0.25) is 11.8 Å². The highest BCUT2D eigenvalue weighted by Gasteiger charge is 2.24. The van der Waals surface area contributed by atoms with E-state index in [-0.39, 0.29) is 24.1 Å². The van der Waals surface area contributed by atoms with Crippen LogP contribution in [0, 0.1) is 5.82 Å². The molecule has 0 atom stereocenters. The molecule has 0 radical (unpaired) electrons. The van der Waals surface area contributed by atoms with Crippen molar-refractivity contribution in [1.29, 1.82) is 0 Å². The molecule has 1 heterocycles. The molecule has 0 unspecified atom stereocenters. The summed E-state index contributed by atoms with van der Waals surface area (Å²) in [5.74, 6) is 0.235. The van der Waals surface area contributed by atoms with Crippen molar-refractivity contribution in [2.24, 2.45) is 0 Å². The first kappa shape index (κ1) is 22.5. The van der Waals surface area contributed by atoms with Crippen LogP contribution in [0.2, 0.25) is 0 Å². The maximum atomic E-state index is 13.6. The molecule has 0 saturated carbocycles. The van der Waals surface area contributed by atoms with Gasteiger partial charge in [-0.05, 0) is 29.8 Å². The summed E-state index contributed by atoms with van der Waals surface area (Å²) < 4.78 is 18.9. The van der Waals surface area contributed by atoms with E-state index < -0.39 is 0 Å². The normalized spacial score (nSPS) is 14.6. The highest BCUT2D eigenvalue weighted by atomic mass is 19.1. The summed E-state index contributed by atoms with van der Waals surface area (Å²) in [4.78, 5) is 27.5. The molecule has 164 valence electrons. The van der Waals surface area contributed by atoms with Crippen LogP contribution in [-0.2, 0) is 16.1 Å². The molecule has 1 aliphatic heterocycles. The molecular formula is C24H29FN3O3+. The van der Waals surface area contributed by atoms with Gasteiger partial charge in [0.15, 0.2) is 0 Å². The van der Waals surface area contributed by atoms with Gasteiger partial charge in [0.05, 0.1) is 38.9 Å². The van der Waals surface area contributed by atoms with Crippen LogP contribution in [-0.4, -0.2) is 56.5 Å². The Morgan fingerprint density at radius 3 is 2.61 bits per heavy atom. The van der Waals surface area contributed by atoms with Crippen molar-refractivity contribution in [1.82, 2.24) is 10.2 Å². The number of benzene rings is 2. The minimum atomic E-state index is -0.273. The van der Waals surface area contributed by atoms with Crippen molar-refractivity contribution in [3.05, 3.63) is 71.6 Å². The number of halogens is 1. The minimum absolute atomic E-state index is 0.0368. The Kier molecular flexibility index (Phi) is 8.18. The van der Waals surface area contributed by atoms with Gasteiger partial charge in [-0.15, -0.1) is 0 Å². The van der Waals surface area contributed by atoms with Gasteiger partial charge >= 0.3 is 0 Å². The number of amides is 2. The molecule has 2 aromatic rings.